The summed E-state index contributed by atoms with van der Waals surface area (Å²) in [5.41, 5.74) is 0.853. The summed E-state index contributed by atoms with van der Waals surface area (Å²) in [4.78, 5) is 27.5. The van der Waals surface area contributed by atoms with E-state index in [4.69, 9.17) is 21.1 Å². The lowest BCUT2D eigenvalue weighted by atomic mass is 10.1. The van der Waals surface area contributed by atoms with Gasteiger partial charge in [0, 0.05) is 17.6 Å². The summed E-state index contributed by atoms with van der Waals surface area (Å²) < 4.78 is 10.8. The van der Waals surface area contributed by atoms with E-state index < -0.39 is 6.04 Å². The predicted molar refractivity (Wildman–Crippen MR) is 120 cm³/mol. The number of amides is 2. The van der Waals surface area contributed by atoms with Crippen molar-refractivity contribution >= 4 is 23.4 Å². The standard InChI is InChI=1S/C24H29ClN2O4/c1-17(24(29)26-20-8-3-4-9-20)27(15-18-6-5-7-19(25)14-18)23(28)16-31-22-12-10-21(30-2)11-13-22/h5-7,10-14,17,20H,3-4,8-9,15-16H2,1-2H3,(H,26,29)/t17-/m1/s1. The van der Waals surface area contributed by atoms with E-state index in [1.54, 1.807) is 55.3 Å². The molecule has 0 heterocycles. The van der Waals surface area contributed by atoms with Crippen LogP contribution in [0, 0.1) is 0 Å². The lowest BCUT2D eigenvalue weighted by molar-refractivity contribution is -0.142. The second kappa shape index (κ2) is 11.0. The van der Waals surface area contributed by atoms with Gasteiger partial charge in [-0.15, -0.1) is 0 Å². The quantitative estimate of drug-likeness (QED) is 0.629. The molecule has 6 nitrogen and oxygen atoms in total. The molecule has 0 aromatic heterocycles. The highest BCUT2D eigenvalue weighted by Gasteiger charge is 2.28. The Balaban J connectivity index is 1.69. The molecule has 1 aliphatic rings. The van der Waals surface area contributed by atoms with Gasteiger partial charge in [-0.1, -0.05) is 36.6 Å². The van der Waals surface area contributed by atoms with Crippen molar-refractivity contribution in [3.05, 3.63) is 59.1 Å². The van der Waals surface area contributed by atoms with E-state index in [0.717, 1.165) is 31.2 Å². The Kier molecular flexibility index (Phi) is 8.18. The maximum absolute atomic E-state index is 13.1. The second-order valence-corrected chi connectivity index (χ2v) is 8.22. The minimum Gasteiger partial charge on any atom is -0.497 e. The maximum Gasteiger partial charge on any atom is 0.261 e. The molecule has 0 radical (unpaired) electrons. The van der Waals surface area contributed by atoms with Crippen LogP contribution in [0.25, 0.3) is 0 Å². The van der Waals surface area contributed by atoms with Crippen LogP contribution in [-0.4, -0.2) is 42.5 Å². The highest BCUT2D eigenvalue weighted by molar-refractivity contribution is 6.30. The Labute approximate surface area is 188 Å². The first-order valence-electron chi connectivity index (χ1n) is 10.6. The molecule has 2 aromatic rings. The molecule has 0 spiro atoms. The molecule has 0 aliphatic heterocycles. The van der Waals surface area contributed by atoms with Crippen molar-refractivity contribution in [3.8, 4) is 11.5 Å². The van der Waals surface area contributed by atoms with Crippen molar-refractivity contribution in [2.24, 2.45) is 0 Å². The summed E-state index contributed by atoms with van der Waals surface area (Å²) in [6.45, 7) is 1.85. The Morgan fingerprint density at radius 3 is 2.45 bits per heavy atom. The first-order chi connectivity index (χ1) is 15.0. The van der Waals surface area contributed by atoms with Crippen LogP contribution >= 0.6 is 11.6 Å². The van der Waals surface area contributed by atoms with E-state index in [9.17, 15) is 9.59 Å². The smallest absolute Gasteiger partial charge is 0.261 e. The monoisotopic (exact) mass is 444 g/mol. The molecule has 1 N–H and O–H groups in total. The highest BCUT2D eigenvalue weighted by Crippen LogP contribution is 2.20. The second-order valence-electron chi connectivity index (χ2n) is 7.78. The van der Waals surface area contributed by atoms with Crippen molar-refractivity contribution in [1.82, 2.24) is 10.2 Å². The van der Waals surface area contributed by atoms with Crippen LogP contribution in [0.1, 0.15) is 38.2 Å². The van der Waals surface area contributed by atoms with Gasteiger partial charge < -0.3 is 19.7 Å². The fraction of sp³-hybridized carbons (Fsp3) is 0.417. The zero-order chi connectivity index (χ0) is 22.2. The summed E-state index contributed by atoms with van der Waals surface area (Å²) in [6.07, 6.45) is 4.23. The average molecular weight is 445 g/mol. The van der Waals surface area contributed by atoms with Gasteiger partial charge in [0.2, 0.25) is 5.91 Å². The highest BCUT2D eigenvalue weighted by atomic mass is 35.5. The SMILES string of the molecule is COc1ccc(OCC(=O)N(Cc2cccc(Cl)c2)[C@H](C)C(=O)NC2CCCC2)cc1. The normalized spacial score (nSPS) is 14.7. The summed E-state index contributed by atoms with van der Waals surface area (Å²) >= 11 is 6.11. The fourth-order valence-corrected chi connectivity index (χ4v) is 3.92. The van der Waals surface area contributed by atoms with Gasteiger partial charge in [-0.2, -0.15) is 0 Å². The van der Waals surface area contributed by atoms with Gasteiger partial charge in [0.1, 0.15) is 17.5 Å². The molecule has 2 amide bonds. The molecule has 1 atom stereocenters. The van der Waals surface area contributed by atoms with Crippen LogP contribution in [0.4, 0.5) is 0 Å². The maximum atomic E-state index is 13.1. The minimum absolute atomic E-state index is 0.147. The molecule has 2 aromatic carbocycles. The molecule has 31 heavy (non-hydrogen) atoms. The molecule has 3 rings (SSSR count). The summed E-state index contributed by atoms with van der Waals surface area (Å²) in [5, 5.41) is 3.67. The molecule has 0 saturated heterocycles. The van der Waals surface area contributed by atoms with Crippen molar-refractivity contribution in [1.29, 1.82) is 0 Å². The summed E-state index contributed by atoms with van der Waals surface area (Å²) in [5.74, 6) is 0.843. The van der Waals surface area contributed by atoms with Crippen molar-refractivity contribution < 1.29 is 19.1 Å². The molecular formula is C24H29ClN2O4. The number of ether oxygens (including phenoxy) is 2. The third-order valence-corrected chi connectivity index (χ3v) is 5.77. The third kappa shape index (κ3) is 6.62. The number of methoxy groups -OCH3 is 1. The number of nitrogens with zero attached hydrogens (tertiary/aromatic N) is 1. The van der Waals surface area contributed by atoms with E-state index >= 15 is 0 Å². The molecule has 1 fully saturated rings. The number of hydrogen-bond acceptors (Lipinski definition) is 4. The van der Waals surface area contributed by atoms with Gasteiger partial charge in [-0.25, -0.2) is 0 Å². The topological polar surface area (TPSA) is 67.9 Å². The number of hydrogen-bond donors (Lipinski definition) is 1. The van der Waals surface area contributed by atoms with Crippen LogP contribution in [0.2, 0.25) is 5.02 Å². The molecular weight excluding hydrogens is 416 g/mol. The summed E-state index contributed by atoms with van der Waals surface area (Å²) in [6, 6.07) is 13.9. The van der Waals surface area contributed by atoms with Crippen molar-refractivity contribution in [3.63, 3.8) is 0 Å². The van der Waals surface area contributed by atoms with E-state index in [-0.39, 0.29) is 31.0 Å². The lowest BCUT2D eigenvalue weighted by Crippen LogP contribution is -2.50. The molecule has 1 saturated carbocycles. The Hall–Kier alpha value is -2.73. The molecule has 0 bridgehead atoms. The van der Waals surface area contributed by atoms with Crippen LogP contribution in [0.15, 0.2) is 48.5 Å². The molecule has 0 unspecified atom stereocenters. The van der Waals surface area contributed by atoms with E-state index in [2.05, 4.69) is 5.32 Å². The third-order valence-electron chi connectivity index (χ3n) is 5.53. The molecule has 166 valence electrons. The Bertz CT molecular complexity index is 881. The summed E-state index contributed by atoms with van der Waals surface area (Å²) in [7, 11) is 1.59. The van der Waals surface area contributed by atoms with Crippen LogP contribution in [0.3, 0.4) is 0 Å². The average Bonchev–Trinajstić information content (AvgIpc) is 3.28. The number of carbonyl (C=O) groups is 2. The molecule has 7 heteroatoms. The predicted octanol–water partition coefficient (Wildman–Crippen LogP) is 4.20. The first kappa shape index (κ1) is 22.9. The number of rotatable bonds is 9. The minimum atomic E-state index is -0.633. The van der Waals surface area contributed by atoms with Crippen molar-refractivity contribution in [2.45, 2.75) is 51.2 Å². The Morgan fingerprint density at radius 2 is 1.81 bits per heavy atom. The lowest BCUT2D eigenvalue weighted by Gasteiger charge is -2.29. The van der Waals surface area contributed by atoms with E-state index in [1.807, 2.05) is 12.1 Å². The fourth-order valence-electron chi connectivity index (χ4n) is 3.71. The van der Waals surface area contributed by atoms with Gasteiger partial charge in [0.05, 0.1) is 7.11 Å². The largest absolute Gasteiger partial charge is 0.497 e. The zero-order valence-corrected chi connectivity index (χ0v) is 18.7. The number of benzene rings is 2. The Morgan fingerprint density at radius 1 is 1.13 bits per heavy atom. The zero-order valence-electron chi connectivity index (χ0n) is 18.0. The number of carbonyl (C=O) groups excluding carboxylic acids is 2. The first-order valence-corrected chi connectivity index (χ1v) is 10.9. The van der Waals surface area contributed by atoms with Crippen LogP contribution in [-0.2, 0) is 16.1 Å². The number of nitrogens with one attached hydrogen (secondary N) is 1. The van der Waals surface area contributed by atoms with Gasteiger partial charge in [0.15, 0.2) is 6.61 Å². The van der Waals surface area contributed by atoms with E-state index in [1.165, 1.54) is 0 Å². The number of halogens is 1. The van der Waals surface area contributed by atoms with E-state index in [0.29, 0.717) is 16.5 Å². The van der Waals surface area contributed by atoms with Gasteiger partial charge in [-0.3, -0.25) is 9.59 Å². The molecule has 1 aliphatic carbocycles. The van der Waals surface area contributed by atoms with Gasteiger partial charge in [-0.05, 0) is 61.7 Å². The van der Waals surface area contributed by atoms with Crippen LogP contribution in [0.5, 0.6) is 11.5 Å². The van der Waals surface area contributed by atoms with Gasteiger partial charge >= 0.3 is 0 Å². The van der Waals surface area contributed by atoms with Gasteiger partial charge in [0.25, 0.3) is 5.91 Å². The van der Waals surface area contributed by atoms with Crippen LogP contribution < -0.4 is 14.8 Å². The van der Waals surface area contributed by atoms with Crippen molar-refractivity contribution in [2.75, 3.05) is 13.7 Å².